The smallest absolute Gasteiger partial charge is 0.290 e. The number of methoxy groups -OCH3 is 1. The summed E-state index contributed by atoms with van der Waals surface area (Å²) in [7, 11) is 1.57. The third kappa shape index (κ3) is 5.61. The topological polar surface area (TPSA) is 93.9 Å². The zero-order valence-electron chi connectivity index (χ0n) is 20.7. The second kappa shape index (κ2) is 11.6. The average Bonchev–Trinajstić information content (AvgIpc) is 3.64. The summed E-state index contributed by atoms with van der Waals surface area (Å²) in [6, 6.07) is 14.8. The molecule has 1 atom stereocenters. The number of hydrogen-bond acceptors (Lipinski definition) is 7. The minimum atomic E-state index is -0.442. The molecule has 1 aliphatic rings. The van der Waals surface area contributed by atoms with E-state index in [1.165, 1.54) is 29.7 Å². The monoisotopic (exact) mass is 535 g/mol. The molecule has 0 saturated carbocycles. The molecule has 0 saturated heterocycles. The Kier molecular flexibility index (Phi) is 7.81. The second-order valence-corrected chi connectivity index (χ2v) is 9.65. The maximum absolute atomic E-state index is 13.7. The van der Waals surface area contributed by atoms with Gasteiger partial charge in [-0.3, -0.25) is 9.59 Å². The van der Waals surface area contributed by atoms with E-state index < -0.39 is 6.04 Å². The van der Waals surface area contributed by atoms with Crippen LogP contribution in [0.25, 0.3) is 0 Å². The number of nitrogens with zero attached hydrogens (tertiary/aromatic N) is 2. The number of carbonyl (C=O) groups is 2. The Hall–Kier alpha value is -4.02. The van der Waals surface area contributed by atoms with Gasteiger partial charge in [0.25, 0.3) is 11.8 Å². The van der Waals surface area contributed by atoms with Crippen LogP contribution in [0.15, 0.2) is 70.7 Å². The van der Waals surface area contributed by atoms with E-state index in [9.17, 15) is 14.0 Å². The lowest BCUT2D eigenvalue weighted by Gasteiger charge is -2.37. The molecule has 4 aromatic rings. The van der Waals surface area contributed by atoms with E-state index in [0.717, 1.165) is 16.7 Å². The van der Waals surface area contributed by atoms with Crippen LogP contribution < -0.4 is 10.1 Å². The van der Waals surface area contributed by atoms with Crippen LogP contribution in [0.1, 0.15) is 48.8 Å². The fraction of sp³-hybridized carbons (Fsp3) is 0.250. The molecule has 2 amide bonds. The van der Waals surface area contributed by atoms with Crippen LogP contribution in [0.5, 0.6) is 5.75 Å². The van der Waals surface area contributed by atoms with Crippen molar-refractivity contribution in [3.05, 3.63) is 105 Å². The van der Waals surface area contributed by atoms with Crippen LogP contribution in [-0.4, -0.2) is 48.5 Å². The highest BCUT2D eigenvalue weighted by Crippen LogP contribution is 2.38. The number of fused-ring (bicyclic) bond motifs is 1. The van der Waals surface area contributed by atoms with Crippen LogP contribution in [0, 0.1) is 5.82 Å². The summed E-state index contributed by atoms with van der Waals surface area (Å²) in [5, 5.41) is 5.09. The Balaban J connectivity index is 1.37. The van der Waals surface area contributed by atoms with E-state index in [1.807, 2.05) is 18.2 Å². The molecule has 0 bridgehead atoms. The molecule has 0 aliphatic carbocycles. The number of carbonyl (C=O) groups excluding carboxylic acids is 2. The highest BCUT2D eigenvalue weighted by atomic mass is 32.1. The third-order valence-electron chi connectivity index (χ3n) is 6.26. The summed E-state index contributed by atoms with van der Waals surface area (Å²) in [5.74, 6) is 0.00593. The maximum Gasteiger partial charge on any atom is 0.290 e. The molecule has 1 N–H and O–H groups in total. The first-order valence-electron chi connectivity index (χ1n) is 12.1. The quantitative estimate of drug-likeness (QED) is 0.315. The molecule has 2 aromatic carbocycles. The molecule has 38 heavy (non-hydrogen) atoms. The largest absolute Gasteiger partial charge is 0.486 e. The molecular weight excluding hydrogens is 509 g/mol. The van der Waals surface area contributed by atoms with Crippen LogP contribution >= 0.6 is 11.3 Å². The Morgan fingerprint density at radius 2 is 2.05 bits per heavy atom. The molecule has 0 fully saturated rings. The first kappa shape index (κ1) is 25.6. The van der Waals surface area contributed by atoms with Crippen molar-refractivity contribution in [2.45, 2.75) is 19.1 Å². The summed E-state index contributed by atoms with van der Waals surface area (Å²) >= 11 is 1.34. The number of ether oxygens (including phenoxy) is 2. The van der Waals surface area contributed by atoms with Crippen molar-refractivity contribution in [1.82, 2.24) is 15.2 Å². The minimum absolute atomic E-state index is 0.186. The van der Waals surface area contributed by atoms with E-state index in [-0.39, 0.29) is 30.0 Å². The summed E-state index contributed by atoms with van der Waals surface area (Å²) in [5.41, 5.74) is 3.10. The number of amides is 2. The molecule has 1 aliphatic heterocycles. The van der Waals surface area contributed by atoms with Gasteiger partial charge in [-0.1, -0.05) is 18.2 Å². The predicted octanol–water partition coefficient (Wildman–Crippen LogP) is 4.62. The molecule has 0 radical (unpaired) electrons. The first-order chi connectivity index (χ1) is 18.5. The summed E-state index contributed by atoms with van der Waals surface area (Å²) in [4.78, 5) is 31.7. The molecule has 3 heterocycles. The van der Waals surface area contributed by atoms with Gasteiger partial charge in [-0.25, -0.2) is 9.37 Å². The van der Waals surface area contributed by atoms with Gasteiger partial charge in [-0.2, -0.15) is 0 Å². The van der Waals surface area contributed by atoms with Crippen LogP contribution in [0.2, 0.25) is 0 Å². The van der Waals surface area contributed by atoms with Crippen molar-refractivity contribution in [3.63, 3.8) is 0 Å². The van der Waals surface area contributed by atoms with Gasteiger partial charge >= 0.3 is 0 Å². The lowest BCUT2D eigenvalue weighted by molar-refractivity contribution is 0.0661. The zero-order chi connectivity index (χ0) is 26.5. The lowest BCUT2D eigenvalue weighted by Crippen LogP contribution is -2.40. The Morgan fingerprint density at radius 3 is 2.82 bits per heavy atom. The van der Waals surface area contributed by atoms with Crippen LogP contribution in [0.4, 0.5) is 4.39 Å². The number of hydrogen-bond donors (Lipinski definition) is 1. The van der Waals surface area contributed by atoms with Gasteiger partial charge in [0.05, 0.1) is 18.9 Å². The standard InChI is InChI=1S/C28H26FN3O5S/c1-35-14-11-30-27(33)23-17-38-25(31-23)16-37-21-9-6-18-10-12-32(28(34)24-3-2-13-36-24)26(22(18)15-21)19-4-7-20(29)8-5-19/h2-9,13,15,17,26H,10-12,14,16H2,1H3,(H,30,33)/t26-/m0/s1. The fourth-order valence-electron chi connectivity index (χ4n) is 4.43. The number of thiazole rings is 1. The Morgan fingerprint density at radius 1 is 1.21 bits per heavy atom. The van der Waals surface area contributed by atoms with Gasteiger partial charge in [0, 0.05) is 25.6 Å². The Labute approximate surface area is 223 Å². The number of rotatable bonds is 9. The molecule has 196 valence electrons. The van der Waals surface area contributed by atoms with E-state index in [1.54, 1.807) is 41.7 Å². The summed E-state index contributed by atoms with van der Waals surface area (Å²) in [6.45, 7) is 1.50. The van der Waals surface area contributed by atoms with Crippen molar-refractivity contribution in [2.75, 3.05) is 26.8 Å². The number of halogens is 1. The molecular formula is C28H26FN3O5S. The average molecular weight is 536 g/mol. The first-order valence-corrected chi connectivity index (χ1v) is 13.0. The normalized spacial score (nSPS) is 14.7. The van der Waals surface area contributed by atoms with Gasteiger partial charge < -0.3 is 24.1 Å². The lowest BCUT2D eigenvalue weighted by atomic mass is 9.87. The van der Waals surface area contributed by atoms with Crippen molar-refractivity contribution >= 4 is 23.2 Å². The van der Waals surface area contributed by atoms with E-state index in [2.05, 4.69) is 10.3 Å². The van der Waals surface area contributed by atoms with Gasteiger partial charge in [0.1, 0.15) is 28.9 Å². The summed E-state index contributed by atoms with van der Waals surface area (Å²) in [6.07, 6.45) is 2.13. The van der Waals surface area contributed by atoms with Gasteiger partial charge in [-0.05, 0) is 59.5 Å². The van der Waals surface area contributed by atoms with Crippen molar-refractivity contribution in [1.29, 1.82) is 0 Å². The molecule has 0 spiro atoms. The third-order valence-corrected chi connectivity index (χ3v) is 7.08. The molecule has 8 nitrogen and oxygen atoms in total. The van der Waals surface area contributed by atoms with Crippen molar-refractivity contribution in [2.24, 2.45) is 0 Å². The highest BCUT2D eigenvalue weighted by Gasteiger charge is 2.34. The second-order valence-electron chi connectivity index (χ2n) is 8.70. The van der Waals surface area contributed by atoms with Crippen molar-refractivity contribution in [3.8, 4) is 5.75 Å². The van der Waals surface area contributed by atoms with E-state index in [4.69, 9.17) is 13.9 Å². The molecule has 2 aromatic heterocycles. The zero-order valence-corrected chi connectivity index (χ0v) is 21.5. The number of aromatic nitrogens is 1. The van der Waals surface area contributed by atoms with Gasteiger partial charge in [0.15, 0.2) is 5.76 Å². The SMILES string of the molecule is COCCNC(=O)c1csc(COc2ccc3c(c2)[C@H](c2ccc(F)cc2)N(C(=O)c2ccco2)CC3)n1. The molecule has 10 heteroatoms. The van der Waals surface area contributed by atoms with E-state index in [0.29, 0.717) is 42.6 Å². The highest BCUT2D eigenvalue weighted by molar-refractivity contribution is 7.09. The predicted molar refractivity (Wildman–Crippen MR) is 139 cm³/mol. The van der Waals surface area contributed by atoms with Gasteiger partial charge in [-0.15, -0.1) is 11.3 Å². The molecule has 5 rings (SSSR count). The Bertz CT molecular complexity index is 1400. The number of furan rings is 1. The summed E-state index contributed by atoms with van der Waals surface area (Å²) < 4.78 is 30.1. The molecule has 0 unspecified atom stereocenters. The van der Waals surface area contributed by atoms with E-state index >= 15 is 0 Å². The maximum atomic E-state index is 13.7. The van der Waals surface area contributed by atoms with Crippen LogP contribution in [0.3, 0.4) is 0 Å². The fourth-order valence-corrected chi connectivity index (χ4v) is 5.12. The van der Waals surface area contributed by atoms with Gasteiger partial charge in [0.2, 0.25) is 0 Å². The minimum Gasteiger partial charge on any atom is -0.486 e. The van der Waals surface area contributed by atoms with Crippen LogP contribution in [-0.2, 0) is 17.8 Å². The van der Waals surface area contributed by atoms with Crippen molar-refractivity contribution < 1.29 is 27.9 Å². The number of benzene rings is 2. The number of nitrogens with one attached hydrogen (secondary N) is 1.